The molecule has 162 valence electrons. The van der Waals surface area contributed by atoms with E-state index in [0.717, 1.165) is 12.1 Å². The van der Waals surface area contributed by atoms with Crippen LogP contribution >= 0.6 is 0 Å². The van der Waals surface area contributed by atoms with Gasteiger partial charge >= 0.3 is 12.1 Å². The lowest BCUT2D eigenvalue weighted by molar-refractivity contribution is -0.139. The Balaban J connectivity index is 1.81. The summed E-state index contributed by atoms with van der Waals surface area (Å²) in [6, 6.07) is 16.8. The van der Waals surface area contributed by atoms with Crippen LogP contribution < -0.4 is 4.72 Å². The van der Waals surface area contributed by atoms with Gasteiger partial charge in [0.05, 0.1) is 16.0 Å². The minimum absolute atomic E-state index is 0.112. The van der Waals surface area contributed by atoms with E-state index in [0.29, 0.717) is 30.0 Å². The summed E-state index contributed by atoms with van der Waals surface area (Å²) in [5.74, 6) is -1.04. The monoisotopic (exact) mass is 449 g/mol. The zero-order valence-electron chi connectivity index (χ0n) is 16.1. The second-order valence-corrected chi connectivity index (χ2v) is 8.41. The molecule has 2 N–H and O–H groups in total. The zero-order chi connectivity index (χ0) is 22.6. The number of hydrogen-bond acceptors (Lipinski definition) is 3. The third-order valence-corrected chi connectivity index (χ3v) is 6.03. The topological polar surface area (TPSA) is 83.5 Å². The lowest BCUT2D eigenvalue weighted by Crippen LogP contribution is -2.19. The molecule has 0 heterocycles. The van der Waals surface area contributed by atoms with Crippen molar-refractivity contribution in [3.8, 4) is 0 Å². The van der Waals surface area contributed by atoms with Crippen LogP contribution in [0.3, 0.4) is 0 Å². The maximum atomic E-state index is 13.2. The van der Waals surface area contributed by atoms with Crippen LogP contribution in [0.2, 0.25) is 0 Å². The van der Waals surface area contributed by atoms with Crippen LogP contribution in [0.15, 0.2) is 77.7 Å². The van der Waals surface area contributed by atoms with Gasteiger partial charge in [-0.15, -0.1) is 0 Å². The largest absolute Gasteiger partial charge is 0.478 e. The van der Waals surface area contributed by atoms with Gasteiger partial charge in [0.1, 0.15) is 0 Å². The van der Waals surface area contributed by atoms with Gasteiger partial charge in [-0.25, -0.2) is 13.2 Å². The van der Waals surface area contributed by atoms with Crippen LogP contribution in [0.5, 0.6) is 0 Å². The van der Waals surface area contributed by atoms with Crippen LogP contribution in [0, 0.1) is 0 Å². The number of carboxylic acid groups (broad SMARTS) is 1. The third-order valence-electron chi connectivity index (χ3n) is 4.59. The molecule has 0 radical (unpaired) electrons. The van der Waals surface area contributed by atoms with Gasteiger partial charge < -0.3 is 5.11 Å². The fraction of sp³-hybridized carbons (Fsp3) is 0.136. The molecule has 0 aromatic heterocycles. The van der Waals surface area contributed by atoms with Crippen molar-refractivity contribution in [1.82, 2.24) is 0 Å². The first-order valence-electron chi connectivity index (χ1n) is 9.17. The van der Waals surface area contributed by atoms with E-state index in [1.54, 1.807) is 30.3 Å². The standard InChI is InChI=1S/C22H18F3NO4S/c23-22(24,25)19-10-3-4-11-20(19)31(29,30)26-17-8-5-6-15(14-17)12-13-16-7-1-2-9-18(16)21(27)28/h1-11,14,26H,12-13H2,(H,27,28). The molecule has 0 saturated heterocycles. The fourth-order valence-corrected chi connectivity index (χ4v) is 4.44. The summed E-state index contributed by atoms with van der Waals surface area (Å²) in [6.45, 7) is 0. The first-order valence-corrected chi connectivity index (χ1v) is 10.7. The number of anilines is 1. The highest BCUT2D eigenvalue weighted by Gasteiger charge is 2.36. The quantitative estimate of drug-likeness (QED) is 0.532. The number of carboxylic acids is 1. The van der Waals surface area contributed by atoms with Crippen molar-refractivity contribution in [2.75, 3.05) is 4.72 Å². The second kappa shape index (κ2) is 8.81. The summed E-state index contributed by atoms with van der Waals surface area (Å²) in [5.41, 5.74) is 0.373. The Hall–Kier alpha value is -3.33. The van der Waals surface area contributed by atoms with E-state index < -0.39 is 32.6 Å². The van der Waals surface area contributed by atoms with Crippen LogP contribution in [0.4, 0.5) is 18.9 Å². The molecule has 0 fully saturated rings. The van der Waals surface area contributed by atoms with E-state index in [1.165, 1.54) is 24.3 Å². The Bertz CT molecular complexity index is 1210. The van der Waals surface area contributed by atoms with E-state index in [2.05, 4.69) is 4.72 Å². The zero-order valence-corrected chi connectivity index (χ0v) is 16.9. The number of rotatable bonds is 7. The minimum atomic E-state index is -4.81. The van der Waals surface area contributed by atoms with Gasteiger partial charge in [0.2, 0.25) is 0 Å². The molecule has 0 amide bonds. The molecule has 0 saturated carbocycles. The Labute approximate surface area is 177 Å². The number of nitrogens with one attached hydrogen (secondary N) is 1. The average molecular weight is 449 g/mol. The van der Waals surface area contributed by atoms with Crippen LogP contribution in [0.1, 0.15) is 27.0 Å². The predicted molar refractivity (Wildman–Crippen MR) is 110 cm³/mol. The van der Waals surface area contributed by atoms with Crippen molar-refractivity contribution in [2.24, 2.45) is 0 Å². The third kappa shape index (κ3) is 5.43. The van der Waals surface area contributed by atoms with Crippen molar-refractivity contribution in [3.05, 3.63) is 95.1 Å². The van der Waals surface area contributed by atoms with Crippen molar-refractivity contribution in [2.45, 2.75) is 23.9 Å². The summed E-state index contributed by atoms with van der Waals surface area (Å²) in [4.78, 5) is 10.5. The van der Waals surface area contributed by atoms with Crippen LogP contribution in [-0.4, -0.2) is 19.5 Å². The highest BCUT2D eigenvalue weighted by molar-refractivity contribution is 7.92. The van der Waals surface area contributed by atoms with Gasteiger partial charge in [-0.3, -0.25) is 4.72 Å². The number of hydrogen-bond donors (Lipinski definition) is 2. The van der Waals surface area contributed by atoms with E-state index in [1.807, 2.05) is 0 Å². The van der Waals surface area contributed by atoms with Crippen molar-refractivity contribution in [1.29, 1.82) is 0 Å². The van der Waals surface area contributed by atoms with Crippen molar-refractivity contribution >= 4 is 21.7 Å². The molecule has 3 aromatic rings. The molecule has 0 bridgehead atoms. The van der Waals surface area contributed by atoms with Gasteiger partial charge in [0.25, 0.3) is 10.0 Å². The predicted octanol–water partition coefficient (Wildman–Crippen LogP) is 4.99. The average Bonchev–Trinajstić information content (AvgIpc) is 2.72. The molecule has 0 aliphatic rings. The van der Waals surface area contributed by atoms with Crippen molar-refractivity contribution < 1.29 is 31.5 Å². The summed E-state index contributed by atoms with van der Waals surface area (Å²) in [7, 11) is -4.48. The molecule has 3 aromatic carbocycles. The van der Waals surface area contributed by atoms with E-state index in [4.69, 9.17) is 0 Å². The van der Waals surface area contributed by atoms with Crippen molar-refractivity contribution in [3.63, 3.8) is 0 Å². The lowest BCUT2D eigenvalue weighted by Gasteiger charge is -2.15. The van der Waals surface area contributed by atoms with Gasteiger partial charge in [0, 0.05) is 5.69 Å². The van der Waals surface area contributed by atoms with Crippen LogP contribution in [-0.2, 0) is 29.0 Å². The summed E-state index contributed by atoms with van der Waals surface area (Å²) in [5, 5.41) is 9.27. The number of alkyl halides is 3. The van der Waals surface area contributed by atoms with Crippen LogP contribution in [0.25, 0.3) is 0 Å². The minimum Gasteiger partial charge on any atom is -0.478 e. The van der Waals surface area contributed by atoms with E-state index in [9.17, 15) is 31.5 Å². The molecule has 0 aliphatic carbocycles. The van der Waals surface area contributed by atoms with E-state index in [-0.39, 0.29) is 11.3 Å². The molecule has 0 spiro atoms. The molecule has 0 unspecified atom stereocenters. The SMILES string of the molecule is O=C(O)c1ccccc1CCc1cccc(NS(=O)(=O)c2ccccc2C(F)(F)F)c1. The van der Waals surface area contributed by atoms with Gasteiger partial charge in [-0.05, 0) is 54.3 Å². The maximum Gasteiger partial charge on any atom is 0.417 e. The number of halogens is 3. The highest BCUT2D eigenvalue weighted by Crippen LogP contribution is 2.34. The number of aryl methyl sites for hydroxylation is 2. The molecule has 3 rings (SSSR count). The second-order valence-electron chi connectivity index (χ2n) is 6.76. The Morgan fingerprint density at radius 3 is 2.29 bits per heavy atom. The number of sulfonamides is 1. The molecule has 5 nitrogen and oxygen atoms in total. The van der Waals surface area contributed by atoms with Gasteiger partial charge in [-0.2, -0.15) is 13.2 Å². The summed E-state index contributed by atoms with van der Waals surface area (Å²) >= 11 is 0. The number of aromatic carboxylic acids is 1. The normalized spacial score (nSPS) is 11.8. The molecule has 31 heavy (non-hydrogen) atoms. The summed E-state index contributed by atoms with van der Waals surface area (Å²) < 4.78 is 67.0. The highest BCUT2D eigenvalue weighted by atomic mass is 32.2. The molecular formula is C22H18F3NO4S. The molecule has 9 heteroatoms. The molecule has 0 atom stereocenters. The van der Waals surface area contributed by atoms with Gasteiger partial charge in [-0.1, -0.05) is 42.5 Å². The Morgan fingerprint density at radius 1 is 0.903 bits per heavy atom. The fourth-order valence-electron chi connectivity index (χ4n) is 3.16. The lowest BCUT2D eigenvalue weighted by atomic mass is 10.00. The summed E-state index contributed by atoms with van der Waals surface area (Å²) in [6.07, 6.45) is -4.00. The number of benzene rings is 3. The smallest absolute Gasteiger partial charge is 0.417 e. The van der Waals surface area contributed by atoms with E-state index >= 15 is 0 Å². The maximum absolute atomic E-state index is 13.2. The Kier molecular flexibility index (Phi) is 6.35. The Morgan fingerprint density at radius 2 is 1.58 bits per heavy atom. The molecule has 0 aliphatic heterocycles. The number of carbonyl (C=O) groups is 1. The van der Waals surface area contributed by atoms with Gasteiger partial charge in [0.15, 0.2) is 0 Å². The molecular weight excluding hydrogens is 431 g/mol. The first-order chi connectivity index (χ1) is 14.6. The first kappa shape index (κ1) is 22.4.